The molecule has 0 saturated carbocycles. The molecule has 4 aliphatic rings. The third-order valence-corrected chi connectivity index (χ3v) is 8.67. The number of aromatic nitrogens is 2. The number of likely N-dealkylation sites (tertiary alicyclic amines) is 1. The number of imidazole rings is 1. The summed E-state index contributed by atoms with van der Waals surface area (Å²) in [5.74, 6) is -0.661. The van der Waals surface area contributed by atoms with Crippen molar-refractivity contribution in [1.82, 2.24) is 24.7 Å². The van der Waals surface area contributed by atoms with Crippen LogP contribution in [0.25, 0.3) is 11.0 Å². The maximum absolute atomic E-state index is 13.2. The molecule has 9 nitrogen and oxygen atoms in total. The molecule has 0 bridgehead atoms. The fraction of sp³-hybridized carbons (Fsp3) is 0.640. The first kappa shape index (κ1) is 21.9. The quantitative estimate of drug-likeness (QED) is 0.655. The van der Waals surface area contributed by atoms with Crippen LogP contribution >= 0.6 is 0 Å². The zero-order valence-electron chi connectivity index (χ0n) is 19.9. The molecule has 9 heteroatoms. The minimum absolute atomic E-state index is 0.206. The average Bonchev–Trinajstić information content (AvgIpc) is 3.08. The van der Waals surface area contributed by atoms with E-state index in [-0.39, 0.29) is 23.9 Å². The summed E-state index contributed by atoms with van der Waals surface area (Å²) >= 11 is 0. The minimum atomic E-state index is -0.648. The van der Waals surface area contributed by atoms with Gasteiger partial charge >= 0.3 is 5.69 Å². The molecule has 4 aliphatic heterocycles. The predicted molar refractivity (Wildman–Crippen MR) is 130 cm³/mol. The van der Waals surface area contributed by atoms with Gasteiger partial charge in [0.05, 0.1) is 16.7 Å². The van der Waals surface area contributed by atoms with Gasteiger partial charge in [-0.15, -0.1) is 0 Å². The van der Waals surface area contributed by atoms with Crippen molar-refractivity contribution in [1.29, 1.82) is 0 Å². The maximum atomic E-state index is 13.2. The Kier molecular flexibility index (Phi) is 5.29. The molecule has 1 aromatic carbocycles. The van der Waals surface area contributed by atoms with E-state index in [1.165, 1.54) is 38.8 Å². The van der Waals surface area contributed by atoms with Crippen LogP contribution in [0.15, 0.2) is 23.0 Å². The fourth-order valence-corrected chi connectivity index (χ4v) is 6.69. The molecule has 1 unspecified atom stereocenters. The molecular formula is C25H34N6O3. The number of aryl methyl sites for hydroxylation is 1. The first-order chi connectivity index (χ1) is 16.5. The number of hydrogen-bond donors (Lipinski definition) is 2. The third-order valence-electron chi connectivity index (χ3n) is 8.67. The zero-order valence-corrected chi connectivity index (χ0v) is 19.9. The van der Waals surface area contributed by atoms with Gasteiger partial charge in [0.25, 0.3) is 0 Å². The Hall–Kier alpha value is -2.65. The van der Waals surface area contributed by atoms with E-state index in [4.69, 9.17) is 0 Å². The second-order valence-corrected chi connectivity index (χ2v) is 10.7. The highest BCUT2D eigenvalue weighted by Gasteiger charge is 2.47. The number of rotatable bonds is 3. The van der Waals surface area contributed by atoms with Gasteiger partial charge in [0.15, 0.2) is 0 Å². The molecule has 1 aromatic heterocycles. The van der Waals surface area contributed by atoms with Crippen molar-refractivity contribution in [2.45, 2.75) is 50.6 Å². The minimum Gasteiger partial charge on any atom is -0.370 e. The van der Waals surface area contributed by atoms with Crippen LogP contribution in [0, 0.1) is 5.41 Å². The summed E-state index contributed by atoms with van der Waals surface area (Å²) in [4.78, 5) is 42.5. The number of imide groups is 1. The van der Waals surface area contributed by atoms with E-state index in [9.17, 15) is 14.4 Å². The zero-order chi connectivity index (χ0) is 23.4. The van der Waals surface area contributed by atoms with Crippen molar-refractivity contribution < 1.29 is 9.59 Å². The van der Waals surface area contributed by atoms with E-state index in [1.54, 1.807) is 16.2 Å². The number of anilines is 1. The lowest BCUT2D eigenvalue weighted by molar-refractivity contribution is -0.135. The first-order valence-corrected chi connectivity index (χ1v) is 12.7. The third kappa shape index (κ3) is 3.48. The van der Waals surface area contributed by atoms with Crippen LogP contribution in [0.5, 0.6) is 0 Å². The van der Waals surface area contributed by atoms with E-state index in [2.05, 4.69) is 26.5 Å². The smallest absolute Gasteiger partial charge is 0.329 e. The second kappa shape index (κ2) is 8.23. The fourth-order valence-electron chi connectivity index (χ4n) is 6.69. The second-order valence-electron chi connectivity index (χ2n) is 10.7. The normalized spacial score (nSPS) is 26.1. The molecule has 5 heterocycles. The van der Waals surface area contributed by atoms with E-state index >= 15 is 0 Å². The maximum Gasteiger partial charge on any atom is 0.329 e. The Bertz CT molecular complexity index is 1180. The predicted octanol–water partition coefficient (Wildman–Crippen LogP) is 0.972. The van der Waals surface area contributed by atoms with Crippen molar-refractivity contribution in [3.05, 3.63) is 28.7 Å². The molecule has 2 aromatic rings. The molecule has 1 spiro atoms. The standard InChI is InChI=1S/C25H34N6O3/c1-28-22-18(3-2-4-19(22)31(24(28)34)20-5-6-21(32)27-23(20)33)29-13-9-25(10-14-29)15-30(16-25)17-7-11-26-12-8-17/h2-4,17,20,26H,5-16H2,1H3,(H,27,32,33). The molecule has 2 amide bonds. The van der Waals surface area contributed by atoms with Gasteiger partial charge in [-0.25, -0.2) is 4.79 Å². The molecule has 6 rings (SSSR count). The van der Waals surface area contributed by atoms with Crippen LogP contribution in [0.1, 0.15) is 44.6 Å². The summed E-state index contributed by atoms with van der Waals surface area (Å²) in [5, 5.41) is 5.86. The molecule has 0 radical (unpaired) electrons. The van der Waals surface area contributed by atoms with Gasteiger partial charge in [-0.1, -0.05) is 6.07 Å². The van der Waals surface area contributed by atoms with Gasteiger partial charge in [-0.05, 0) is 62.7 Å². The number of amides is 2. The number of nitrogens with zero attached hydrogens (tertiary/aromatic N) is 4. The van der Waals surface area contributed by atoms with Crippen molar-refractivity contribution in [3.63, 3.8) is 0 Å². The lowest BCUT2D eigenvalue weighted by Crippen LogP contribution is -2.64. The van der Waals surface area contributed by atoms with Gasteiger partial charge in [-0.3, -0.25) is 28.9 Å². The number of piperidine rings is 3. The molecular weight excluding hydrogens is 432 g/mol. The number of carbonyl (C=O) groups is 2. The van der Waals surface area contributed by atoms with Crippen LogP contribution in [0.2, 0.25) is 0 Å². The van der Waals surface area contributed by atoms with Crippen LogP contribution < -0.4 is 21.2 Å². The highest BCUT2D eigenvalue weighted by atomic mass is 16.2. The Morgan fingerprint density at radius 2 is 1.74 bits per heavy atom. The highest BCUT2D eigenvalue weighted by Crippen LogP contribution is 2.44. The van der Waals surface area contributed by atoms with Crippen LogP contribution in [0.3, 0.4) is 0 Å². The Balaban J connectivity index is 1.22. The summed E-state index contributed by atoms with van der Waals surface area (Å²) in [5.41, 5.74) is 2.94. The topological polar surface area (TPSA) is 91.6 Å². The summed E-state index contributed by atoms with van der Waals surface area (Å²) in [7, 11) is 1.78. The SMILES string of the molecule is Cn1c(=O)n(C2CCC(=O)NC2=O)c2cccc(N3CCC4(CC3)CN(C3CCNCC3)C4)c21. The Morgan fingerprint density at radius 1 is 1.00 bits per heavy atom. The molecule has 2 N–H and O–H groups in total. The van der Waals surface area contributed by atoms with Gasteiger partial charge in [-0.2, -0.15) is 0 Å². The molecule has 1 atom stereocenters. The molecule has 0 aliphatic carbocycles. The lowest BCUT2D eigenvalue weighted by atomic mass is 9.71. The summed E-state index contributed by atoms with van der Waals surface area (Å²) < 4.78 is 3.25. The van der Waals surface area contributed by atoms with Gasteiger partial charge in [0.1, 0.15) is 6.04 Å². The largest absolute Gasteiger partial charge is 0.370 e. The summed E-state index contributed by atoms with van der Waals surface area (Å²) in [6.45, 7) is 6.69. The van der Waals surface area contributed by atoms with Gasteiger partial charge in [0, 0.05) is 45.7 Å². The number of carbonyl (C=O) groups excluding carboxylic acids is 2. The molecule has 4 saturated heterocycles. The van der Waals surface area contributed by atoms with Crippen molar-refractivity contribution in [3.8, 4) is 0 Å². The number of hydrogen-bond acceptors (Lipinski definition) is 6. The van der Waals surface area contributed by atoms with E-state index < -0.39 is 6.04 Å². The van der Waals surface area contributed by atoms with Crippen LogP contribution in [-0.4, -0.2) is 71.2 Å². The van der Waals surface area contributed by atoms with Crippen molar-refractivity contribution in [2.24, 2.45) is 12.5 Å². The van der Waals surface area contributed by atoms with E-state index in [0.29, 0.717) is 11.8 Å². The highest BCUT2D eigenvalue weighted by molar-refractivity contribution is 6.00. The van der Waals surface area contributed by atoms with Crippen LogP contribution in [0.4, 0.5) is 5.69 Å². The van der Waals surface area contributed by atoms with Gasteiger partial charge in [0.2, 0.25) is 11.8 Å². The molecule has 182 valence electrons. The summed E-state index contributed by atoms with van der Waals surface area (Å²) in [6.07, 6.45) is 5.49. The van der Waals surface area contributed by atoms with Crippen LogP contribution in [-0.2, 0) is 16.6 Å². The van der Waals surface area contributed by atoms with E-state index in [1.807, 2.05) is 12.1 Å². The van der Waals surface area contributed by atoms with E-state index in [0.717, 1.165) is 48.9 Å². The monoisotopic (exact) mass is 466 g/mol. The number of benzene rings is 1. The number of para-hydroxylation sites is 1. The molecule has 4 fully saturated rings. The Morgan fingerprint density at radius 3 is 2.44 bits per heavy atom. The number of fused-ring (bicyclic) bond motifs is 1. The Labute approximate surface area is 199 Å². The van der Waals surface area contributed by atoms with Crippen molar-refractivity contribution >= 4 is 28.5 Å². The van der Waals surface area contributed by atoms with Crippen molar-refractivity contribution in [2.75, 3.05) is 44.2 Å². The molecule has 34 heavy (non-hydrogen) atoms. The lowest BCUT2D eigenvalue weighted by Gasteiger charge is -2.57. The number of nitrogens with one attached hydrogen (secondary N) is 2. The summed E-state index contributed by atoms with van der Waals surface area (Å²) in [6, 6.07) is 6.09. The average molecular weight is 467 g/mol. The first-order valence-electron chi connectivity index (χ1n) is 12.7. The van der Waals surface area contributed by atoms with Gasteiger partial charge < -0.3 is 10.2 Å².